The number of benzene rings is 3. The van der Waals surface area contributed by atoms with Crippen LogP contribution in [-0.4, -0.2) is 60.1 Å². The molecule has 0 unspecified atom stereocenters. The Morgan fingerprint density at radius 3 is 2.20 bits per heavy atom. The highest BCUT2D eigenvalue weighted by Crippen LogP contribution is 2.65. The number of imide groups is 2. The number of amides is 4. The Morgan fingerprint density at radius 2 is 1.57 bits per heavy atom. The number of hydrogen-bond donors (Lipinski definition) is 3. The van der Waals surface area contributed by atoms with Gasteiger partial charge in [-0.1, -0.05) is 35.4 Å². The van der Waals surface area contributed by atoms with Crippen LogP contribution in [0.3, 0.4) is 0 Å². The van der Waals surface area contributed by atoms with Crippen LogP contribution >= 0.6 is 11.6 Å². The number of carbonyl (C=O) groups excluding carboxylic acids is 4. The van der Waals surface area contributed by atoms with Crippen LogP contribution in [0.25, 0.3) is 0 Å². The Bertz CT molecular complexity index is 1960. The number of nitrogens with zero attached hydrogens (tertiary/aromatic N) is 2. The zero-order chi connectivity index (χ0) is 35.1. The van der Waals surface area contributed by atoms with E-state index in [4.69, 9.17) is 21.1 Å². The first-order valence-electron chi connectivity index (χ1n) is 15.7. The second-order valence-corrected chi connectivity index (χ2v) is 13.4. The minimum atomic E-state index is -1.82. The van der Waals surface area contributed by atoms with Gasteiger partial charge >= 0.3 is 7.12 Å². The van der Waals surface area contributed by atoms with Crippen molar-refractivity contribution in [1.82, 2.24) is 0 Å². The van der Waals surface area contributed by atoms with E-state index in [-0.39, 0.29) is 52.0 Å². The number of ether oxygens (including phenoxy) is 2. The number of halogens is 2. The molecule has 7 rings (SSSR count). The molecule has 0 bridgehead atoms. The molecular weight excluding hydrogens is 658 g/mol. The van der Waals surface area contributed by atoms with Gasteiger partial charge in [-0.15, -0.1) is 0 Å². The van der Waals surface area contributed by atoms with Crippen molar-refractivity contribution in [2.75, 3.05) is 24.0 Å². The number of fused-ring (bicyclic) bond motifs is 4. The number of aromatic hydroxyl groups is 1. The van der Waals surface area contributed by atoms with Gasteiger partial charge < -0.3 is 24.6 Å². The zero-order valence-electron chi connectivity index (χ0n) is 26.6. The second kappa shape index (κ2) is 11.7. The summed E-state index contributed by atoms with van der Waals surface area (Å²) < 4.78 is 25.6. The quantitative estimate of drug-likeness (QED) is 0.201. The number of methoxy groups -OCH3 is 2. The maximum Gasteiger partial charge on any atom is 0.488 e. The topological polar surface area (TPSA) is 154 Å². The number of phenolic OH excluding ortho intramolecular Hbond substituents is 1. The summed E-state index contributed by atoms with van der Waals surface area (Å²) in [6, 6.07) is 12.2. The van der Waals surface area contributed by atoms with E-state index in [0.29, 0.717) is 11.1 Å². The van der Waals surface area contributed by atoms with Crippen LogP contribution < -0.4 is 24.7 Å². The summed E-state index contributed by atoms with van der Waals surface area (Å²) in [5.41, 5.74) is -0.0979. The largest absolute Gasteiger partial charge is 0.508 e. The third-order valence-electron chi connectivity index (χ3n) is 10.7. The van der Waals surface area contributed by atoms with Crippen molar-refractivity contribution in [3.05, 3.63) is 82.6 Å². The molecule has 3 N–H and O–H groups in total. The van der Waals surface area contributed by atoms with E-state index in [1.807, 2.05) is 6.08 Å². The fourth-order valence-corrected chi connectivity index (χ4v) is 8.66. The molecule has 0 aromatic heterocycles. The van der Waals surface area contributed by atoms with Gasteiger partial charge in [-0.3, -0.25) is 24.1 Å². The summed E-state index contributed by atoms with van der Waals surface area (Å²) in [7, 11) is 0.971. The first kappa shape index (κ1) is 32.8. The van der Waals surface area contributed by atoms with Crippen molar-refractivity contribution in [2.45, 2.75) is 25.7 Å². The number of hydrogen-bond acceptors (Lipinski definition) is 9. The molecule has 2 heterocycles. The van der Waals surface area contributed by atoms with Crippen molar-refractivity contribution in [1.29, 1.82) is 0 Å². The summed E-state index contributed by atoms with van der Waals surface area (Å²) in [5, 5.41) is 29.7. The first-order chi connectivity index (χ1) is 23.3. The molecule has 3 aromatic rings. The molecule has 3 aromatic carbocycles. The van der Waals surface area contributed by atoms with Gasteiger partial charge in [0, 0.05) is 23.6 Å². The number of carbonyl (C=O) groups is 4. The highest BCUT2D eigenvalue weighted by Gasteiger charge is 2.68. The van der Waals surface area contributed by atoms with E-state index < -0.39 is 71.6 Å². The Balaban J connectivity index is 1.41. The maximum absolute atomic E-state index is 14.7. The zero-order valence-corrected chi connectivity index (χ0v) is 27.3. The van der Waals surface area contributed by atoms with E-state index in [0.717, 1.165) is 15.9 Å². The molecule has 2 aliphatic carbocycles. The summed E-state index contributed by atoms with van der Waals surface area (Å²) in [6.45, 7) is 1.67. The van der Waals surface area contributed by atoms with Gasteiger partial charge in [-0.25, -0.2) is 9.29 Å². The van der Waals surface area contributed by atoms with Gasteiger partial charge in [0.15, 0.2) is 0 Å². The number of rotatable bonds is 6. The Labute approximate surface area is 285 Å². The average Bonchev–Trinajstić information content (AvgIpc) is 3.45. The molecule has 14 heteroatoms. The van der Waals surface area contributed by atoms with Crippen LogP contribution in [0.2, 0.25) is 5.02 Å². The van der Waals surface area contributed by atoms with Crippen LogP contribution in [-0.2, 0) is 19.2 Å². The molecule has 2 aliphatic heterocycles. The van der Waals surface area contributed by atoms with Gasteiger partial charge in [0.2, 0.25) is 23.6 Å². The van der Waals surface area contributed by atoms with E-state index in [1.54, 1.807) is 6.92 Å². The van der Waals surface area contributed by atoms with Crippen LogP contribution in [0.4, 0.5) is 15.8 Å². The molecule has 0 radical (unpaired) electrons. The second-order valence-electron chi connectivity index (χ2n) is 13.0. The lowest BCUT2D eigenvalue weighted by atomic mass is 9.51. The third kappa shape index (κ3) is 4.70. The Hall–Kier alpha value is -4.72. The Morgan fingerprint density at radius 1 is 0.898 bits per heavy atom. The van der Waals surface area contributed by atoms with Gasteiger partial charge in [0.05, 0.1) is 53.8 Å². The molecule has 1 saturated carbocycles. The van der Waals surface area contributed by atoms with E-state index in [2.05, 4.69) is 0 Å². The van der Waals surface area contributed by atoms with Gasteiger partial charge in [-0.2, -0.15) is 0 Å². The molecule has 4 amide bonds. The van der Waals surface area contributed by atoms with Crippen molar-refractivity contribution >= 4 is 59.2 Å². The molecule has 4 aliphatic rings. The molecular formula is C35H31BClFN2O9. The van der Waals surface area contributed by atoms with Gasteiger partial charge in [-0.05, 0) is 61.5 Å². The summed E-state index contributed by atoms with van der Waals surface area (Å²) >= 11 is 6.08. The number of anilines is 2. The smallest absolute Gasteiger partial charge is 0.488 e. The summed E-state index contributed by atoms with van der Waals surface area (Å²) in [6.07, 6.45) is 2.04. The first-order valence-corrected chi connectivity index (χ1v) is 16.0. The van der Waals surface area contributed by atoms with Crippen LogP contribution in [0.5, 0.6) is 17.2 Å². The molecule has 0 spiro atoms. The highest BCUT2D eigenvalue weighted by atomic mass is 35.5. The van der Waals surface area contributed by atoms with E-state index in [1.165, 1.54) is 62.8 Å². The minimum Gasteiger partial charge on any atom is -0.508 e. The molecule has 2 saturated heterocycles. The number of allylic oxidation sites excluding steroid dienone is 2. The third-order valence-corrected chi connectivity index (χ3v) is 11.0. The maximum atomic E-state index is 14.7. The number of phenols is 1. The lowest BCUT2D eigenvalue weighted by Crippen LogP contribution is -2.49. The fraction of sp³-hybridized carbons (Fsp3) is 0.314. The lowest BCUT2D eigenvalue weighted by molar-refractivity contribution is -0.131. The van der Waals surface area contributed by atoms with Crippen LogP contribution in [0.15, 0.2) is 66.2 Å². The summed E-state index contributed by atoms with van der Waals surface area (Å²) in [5.74, 6) is -6.96. The van der Waals surface area contributed by atoms with E-state index in [9.17, 15) is 38.7 Å². The Kier molecular flexibility index (Phi) is 7.84. The van der Waals surface area contributed by atoms with Crippen LogP contribution in [0, 0.1) is 34.9 Å². The molecule has 252 valence electrons. The van der Waals surface area contributed by atoms with Crippen molar-refractivity contribution in [2.24, 2.45) is 29.1 Å². The molecule has 49 heavy (non-hydrogen) atoms. The van der Waals surface area contributed by atoms with Crippen molar-refractivity contribution in [3.63, 3.8) is 0 Å². The average molecular weight is 689 g/mol. The fourth-order valence-electron chi connectivity index (χ4n) is 8.48. The molecule has 11 nitrogen and oxygen atoms in total. The van der Waals surface area contributed by atoms with Crippen molar-refractivity contribution < 1.29 is 48.2 Å². The standard InChI is InChI=1S/C35H31BClFN2O9/c1-35-23(32(43)40(34(35)45)18-7-10-25(38)24(37)12-18)15-22-20(30(35)29-26(48-2)13-19(41)14-27(29)49-3)8-9-21-28(22)33(44)39(31(21)42)17-6-4-5-16(11-17)36(46)47/h4-8,10-14,21-23,28,30,41,46-47H,9,15H2,1-3H3/t21-,22+,23-,28-,30+,35+/m0/s1. The predicted octanol–water partition coefficient (Wildman–Crippen LogP) is 3.32. The minimum absolute atomic E-state index is 0.0426. The van der Waals surface area contributed by atoms with Gasteiger partial charge in [0.1, 0.15) is 23.1 Å². The van der Waals surface area contributed by atoms with Gasteiger partial charge in [0.25, 0.3) is 0 Å². The lowest BCUT2D eigenvalue weighted by Gasteiger charge is -2.49. The van der Waals surface area contributed by atoms with E-state index >= 15 is 0 Å². The monoisotopic (exact) mass is 688 g/mol. The SMILES string of the molecule is COc1cc(O)cc(OC)c1[C@H]1C2=CC[C@@H]3C(=O)N(c4cccc(B(O)O)c4)C(=O)[C@@H]3[C@@H]2C[C@H]2C(=O)N(c3ccc(F)c(Cl)c3)C(=O)[C@@]12C. The van der Waals surface area contributed by atoms with Crippen molar-refractivity contribution in [3.8, 4) is 17.2 Å². The molecule has 3 fully saturated rings. The molecule has 6 atom stereocenters. The van der Waals surface area contributed by atoms with Crippen LogP contribution in [0.1, 0.15) is 31.2 Å². The normalized spacial score (nSPS) is 27.5. The highest BCUT2D eigenvalue weighted by molar-refractivity contribution is 6.58. The summed E-state index contributed by atoms with van der Waals surface area (Å²) in [4.78, 5) is 59.4. The predicted molar refractivity (Wildman–Crippen MR) is 176 cm³/mol.